The van der Waals surface area contributed by atoms with Crippen molar-refractivity contribution in [2.75, 3.05) is 5.32 Å². The van der Waals surface area contributed by atoms with Crippen molar-refractivity contribution < 1.29 is 19.1 Å². The minimum atomic E-state index is -1.10. The summed E-state index contributed by atoms with van der Waals surface area (Å²) in [5.74, 6) is -1.74. The lowest BCUT2D eigenvalue weighted by Gasteiger charge is -2.18. The van der Waals surface area contributed by atoms with Crippen LogP contribution in [0.4, 0.5) is 14.9 Å². The summed E-state index contributed by atoms with van der Waals surface area (Å²) in [7, 11) is 0. The van der Waals surface area contributed by atoms with E-state index in [0.717, 1.165) is 0 Å². The van der Waals surface area contributed by atoms with Crippen LogP contribution in [0.25, 0.3) is 0 Å². The molecule has 1 aromatic rings. The monoisotopic (exact) mass is 380 g/mol. The standard InChI is InChI=1S/C12H14FIN2O3/c1-6(2)10(11(17)18)16-12(19)15-9-4-3-7(13)5-8(9)14/h3-6,10H,1-2H3,(H,17,18)(H2,15,16,19)/t10-/m0/s1. The lowest BCUT2D eigenvalue weighted by molar-refractivity contribution is -0.140. The molecule has 0 saturated carbocycles. The molecule has 104 valence electrons. The van der Waals surface area contributed by atoms with Crippen molar-refractivity contribution >= 4 is 40.3 Å². The summed E-state index contributed by atoms with van der Waals surface area (Å²) >= 11 is 1.88. The molecule has 0 bridgehead atoms. The number of amides is 2. The third-order valence-electron chi connectivity index (χ3n) is 2.40. The van der Waals surface area contributed by atoms with E-state index in [1.54, 1.807) is 13.8 Å². The van der Waals surface area contributed by atoms with Crippen molar-refractivity contribution in [3.05, 3.63) is 27.6 Å². The van der Waals surface area contributed by atoms with Crippen LogP contribution in [0, 0.1) is 15.3 Å². The van der Waals surface area contributed by atoms with Gasteiger partial charge in [-0.05, 0) is 46.7 Å². The van der Waals surface area contributed by atoms with E-state index < -0.39 is 23.9 Å². The number of anilines is 1. The van der Waals surface area contributed by atoms with Gasteiger partial charge >= 0.3 is 12.0 Å². The minimum Gasteiger partial charge on any atom is -0.480 e. The van der Waals surface area contributed by atoms with Crippen molar-refractivity contribution in [1.29, 1.82) is 0 Å². The molecular formula is C12H14FIN2O3. The molecule has 0 radical (unpaired) electrons. The Morgan fingerprint density at radius 3 is 2.47 bits per heavy atom. The first-order valence-corrected chi connectivity index (χ1v) is 6.64. The first-order chi connectivity index (χ1) is 8.81. The Kier molecular flexibility index (Phi) is 5.52. The number of carboxylic acids is 1. The number of urea groups is 1. The molecule has 0 aliphatic heterocycles. The van der Waals surface area contributed by atoms with Crippen LogP contribution >= 0.6 is 22.6 Å². The molecule has 0 aromatic heterocycles. The zero-order valence-corrected chi connectivity index (χ0v) is 12.6. The minimum absolute atomic E-state index is 0.240. The van der Waals surface area contributed by atoms with Gasteiger partial charge < -0.3 is 15.7 Å². The molecule has 1 aromatic carbocycles. The molecule has 7 heteroatoms. The molecule has 0 unspecified atom stereocenters. The zero-order chi connectivity index (χ0) is 14.6. The third kappa shape index (κ3) is 4.66. The molecule has 0 saturated heterocycles. The summed E-state index contributed by atoms with van der Waals surface area (Å²) in [6, 6.07) is 2.30. The Bertz CT molecular complexity index is 494. The molecule has 1 rings (SSSR count). The Morgan fingerprint density at radius 1 is 1.37 bits per heavy atom. The van der Waals surface area contributed by atoms with E-state index in [0.29, 0.717) is 9.26 Å². The summed E-state index contributed by atoms with van der Waals surface area (Å²) in [4.78, 5) is 22.6. The summed E-state index contributed by atoms with van der Waals surface area (Å²) in [5, 5.41) is 13.8. The van der Waals surface area contributed by atoms with Gasteiger partial charge in [-0.1, -0.05) is 13.8 Å². The van der Waals surface area contributed by atoms with E-state index in [1.165, 1.54) is 18.2 Å². The van der Waals surface area contributed by atoms with Crippen molar-refractivity contribution in [3.63, 3.8) is 0 Å². The largest absolute Gasteiger partial charge is 0.480 e. The maximum absolute atomic E-state index is 12.9. The van der Waals surface area contributed by atoms with Gasteiger partial charge in [0.2, 0.25) is 0 Å². The molecule has 0 aliphatic rings. The number of carbonyl (C=O) groups is 2. The van der Waals surface area contributed by atoms with E-state index in [-0.39, 0.29) is 5.92 Å². The molecule has 2 amide bonds. The Hall–Kier alpha value is -1.38. The van der Waals surface area contributed by atoms with Crippen LogP contribution in [0.15, 0.2) is 18.2 Å². The number of aliphatic carboxylic acids is 1. The fourth-order valence-electron chi connectivity index (χ4n) is 1.40. The number of hydrogen-bond acceptors (Lipinski definition) is 2. The number of carbonyl (C=O) groups excluding carboxylic acids is 1. The first-order valence-electron chi connectivity index (χ1n) is 5.56. The maximum atomic E-state index is 12.9. The van der Waals surface area contributed by atoms with Crippen molar-refractivity contribution in [2.24, 2.45) is 5.92 Å². The second-order valence-corrected chi connectivity index (χ2v) is 5.44. The molecule has 0 heterocycles. The van der Waals surface area contributed by atoms with Gasteiger partial charge in [-0.2, -0.15) is 0 Å². The normalized spacial score (nSPS) is 12.1. The second kappa shape index (κ2) is 6.69. The Balaban J connectivity index is 2.72. The summed E-state index contributed by atoms with van der Waals surface area (Å²) in [6.45, 7) is 3.39. The summed E-state index contributed by atoms with van der Waals surface area (Å²) in [5.41, 5.74) is 0.424. The van der Waals surface area contributed by atoms with Crippen molar-refractivity contribution in [1.82, 2.24) is 5.32 Å². The van der Waals surface area contributed by atoms with Gasteiger partial charge in [0.05, 0.1) is 5.69 Å². The van der Waals surface area contributed by atoms with Crippen LogP contribution in [0.1, 0.15) is 13.8 Å². The number of hydrogen-bond donors (Lipinski definition) is 3. The number of carboxylic acid groups (broad SMARTS) is 1. The molecule has 1 atom stereocenters. The number of rotatable bonds is 4. The van der Waals surface area contributed by atoms with Crippen LogP contribution in [0.2, 0.25) is 0 Å². The number of nitrogens with one attached hydrogen (secondary N) is 2. The molecule has 19 heavy (non-hydrogen) atoms. The van der Waals surface area contributed by atoms with E-state index >= 15 is 0 Å². The van der Waals surface area contributed by atoms with E-state index in [4.69, 9.17) is 5.11 Å². The van der Waals surface area contributed by atoms with Gasteiger partial charge in [-0.15, -0.1) is 0 Å². The molecule has 5 nitrogen and oxygen atoms in total. The fraction of sp³-hybridized carbons (Fsp3) is 0.333. The quantitative estimate of drug-likeness (QED) is 0.703. The van der Waals surface area contributed by atoms with Crippen molar-refractivity contribution in [2.45, 2.75) is 19.9 Å². The molecular weight excluding hydrogens is 366 g/mol. The topological polar surface area (TPSA) is 78.4 Å². The third-order valence-corrected chi connectivity index (χ3v) is 3.29. The smallest absolute Gasteiger partial charge is 0.326 e. The lowest BCUT2D eigenvalue weighted by atomic mass is 10.1. The SMILES string of the molecule is CC(C)[C@H](NC(=O)Nc1ccc(F)cc1I)C(=O)O. The fourth-order valence-corrected chi connectivity index (χ4v) is 2.02. The second-order valence-electron chi connectivity index (χ2n) is 4.28. The van der Waals surface area contributed by atoms with E-state index in [9.17, 15) is 14.0 Å². The predicted octanol–water partition coefficient (Wildman–Crippen LogP) is 2.66. The van der Waals surface area contributed by atoms with E-state index in [1.807, 2.05) is 22.6 Å². The predicted molar refractivity (Wildman–Crippen MR) is 77.5 cm³/mol. The first kappa shape index (κ1) is 15.7. The van der Waals surface area contributed by atoms with E-state index in [2.05, 4.69) is 10.6 Å². The van der Waals surface area contributed by atoms with Gasteiger partial charge in [0, 0.05) is 3.57 Å². The highest BCUT2D eigenvalue weighted by molar-refractivity contribution is 14.1. The van der Waals surface area contributed by atoms with Gasteiger partial charge in [0.15, 0.2) is 0 Å². The Labute approximate surface area is 123 Å². The van der Waals surface area contributed by atoms with Gasteiger partial charge in [-0.25, -0.2) is 14.0 Å². The molecule has 3 N–H and O–H groups in total. The highest BCUT2D eigenvalue weighted by atomic mass is 127. The van der Waals surface area contributed by atoms with Crippen LogP contribution in [0.5, 0.6) is 0 Å². The maximum Gasteiger partial charge on any atom is 0.326 e. The average Bonchev–Trinajstić information content (AvgIpc) is 2.29. The van der Waals surface area contributed by atoms with Crippen LogP contribution in [-0.2, 0) is 4.79 Å². The van der Waals surface area contributed by atoms with Gasteiger partial charge in [0.1, 0.15) is 11.9 Å². The van der Waals surface area contributed by atoms with Gasteiger partial charge in [-0.3, -0.25) is 0 Å². The highest BCUT2D eigenvalue weighted by Gasteiger charge is 2.23. The number of benzene rings is 1. The lowest BCUT2D eigenvalue weighted by Crippen LogP contribution is -2.46. The van der Waals surface area contributed by atoms with Crippen LogP contribution in [-0.4, -0.2) is 23.1 Å². The summed E-state index contributed by atoms with van der Waals surface area (Å²) < 4.78 is 13.4. The molecule has 0 fully saturated rings. The number of halogens is 2. The van der Waals surface area contributed by atoms with Crippen molar-refractivity contribution in [3.8, 4) is 0 Å². The van der Waals surface area contributed by atoms with Crippen LogP contribution < -0.4 is 10.6 Å². The van der Waals surface area contributed by atoms with Gasteiger partial charge in [0.25, 0.3) is 0 Å². The highest BCUT2D eigenvalue weighted by Crippen LogP contribution is 2.18. The van der Waals surface area contributed by atoms with Crippen LogP contribution in [0.3, 0.4) is 0 Å². The average molecular weight is 380 g/mol. The zero-order valence-electron chi connectivity index (χ0n) is 10.4. The summed E-state index contributed by atoms with van der Waals surface area (Å²) in [6.07, 6.45) is 0. The molecule has 0 spiro atoms. The Morgan fingerprint density at radius 2 is 2.00 bits per heavy atom. The molecule has 0 aliphatic carbocycles.